The van der Waals surface area contributed by atoms with Crippen molar-refractivity contribution in [1.82, 2.24) is 20.2 Å². The van der Waals surface area contributed by atoms with Gasteiger partial charge in [0.25, 0.3) is 5.82 Å². The monoisotopic (exact) mass is 698 g/mol. The number of carbonyl (C=O) groups is 1. The van der Waals surface area contributed by atoms with Crippen LogP contribution in [0, 0.1) is 23.2 Å². The van der Waals surface area contributed by atoms with Crippen molar-refractivity contribution in [2.24, 2.45) is 23.2 Å². The summed E-state index contributed by atoms with van der Waals surface area (Å²) in [5, 5.41) is 12.2. The molecular weight excluding hydrogens is 633 g/mol. The van der Waals surface area contributed by atoms with Crippen LogP contribution in [-0.4, -0.2) is 61.6 Å². The Morgan fingerprint density at radius 2 is 1.71 bits per heavy atom. The summed E-state index contributed by atoms with van der Waals surface area (Å²) in [6.45, 7) is 35.5. The molecular formula is C38H66N4O4Si2. The lowest BCUT2D eigenvalue weighted by atomic mass is 9.61. The van der Waals surface area contributed by atoms with Gasteiger partial charge in [0.1, 0.15) is 0 Å². The third-order valence-electron chi connectivity index (χ3n) is 12.9. The van der Waals surface area contributed by atoms with Crippen LogP contribution in [0.15, 0.2) is 35.5 Å². The average Bonchev–Trinajstić information content (AvgIpc) is 3.56. The van der Waals surface area contributed by atoms with Gasteiger partial charge in [-0.05, 0) is 126 Å². The molecule has 0 aromatic carbocycles. The molecule has 0 saturated heterocycles. The Balaban J connectivity index is 1.58. The fourth-order valence-electron chi connectivity index (χ4n) is 8.05. The Labute approximate surface area is 293 Å². The van der Waals surface area contributed by atoms with Gasteiger partial charge < -0.3 is 13.6 Å². The van der Waals surface area contributed by atoms with Gasteiger partial charge in [0.15, 0.2) is 16.6 Å². The molecule has 0 radical (unpaired) electrons. The summed E-state index contributed by atoms with van der Waals surface area (Å²) in [4.78, 5) is 12.4. The molecule has 48 heavy (non-hydrogen) atoms. The van der Waals surface area contributed by atoms with Crippen molar-refractivity contribution in [2.75, 3.05) is 6.61 Å². The topological polar surface area (TPSA) is 88.4 Å². The van der Waals surface area contributed by atoms with E-state index in [2.05, 4.69) is 116 Å². The van der Waals surface area contributed by atoms with Crippen LogP contribution in [0.2, 0.25) is 36.3 Å². The second-order valence-electron chi connectivity index (χ2n) is 18.2. The van der Waals surface area contributed by atoms with Gasteiger partial charge in [0.2, 0.25) is 0 Å². The number of fused-ring (bicyclic) bond motifs is 1. The fraction of sp³-hybridized carbons (Fsp3) is 0.789. The lowest BCUT2D eigenvalue weighted by Crippen LogP contribution is -2.49. The SMILES string of the molecule is C=C1/C(=C/C=C2\CCC[C@]3(C)[C@@H]([C@H](C)Cn4nnnc4C(=O)OCC)CC[C@@H]23)C[C@@H](O[Si](C)(C)C(C)(C)C)C[C@@H]1O[Si](C)(C)C(C)(C)C. The van der Waals surface area contributed by atoms with Crippen LogP contribution in [0.4, 0.5) is 0 Å². The number of allylic oxidation sites excluding steroid dienone is 3. The highest BCUT2D eigenvalue weighted by molar-refractivity contribution is 6.74. The molecule has 1 heterocycles. The number of esters is 1. The molecule has 0 aliphatic heterocycles. The van der Waals surface area contributed by atoms with E-state index in [1.54, 1.807) is 17.2 Å². The summed E-state index contributed by atoms with van der Waals surface area (Å²) in [5.74, 6) is 1.13. The molecule has 3 saturated carbocycles. The fourth-order valence-corrected chi connectivity index (χ4v) is 10.7. The van der Waals surface area contributed by atoms with Crippen molar-refractivity contribution in [3.05, 3.63) is 41.3 Å². The minimum atomic E-state index is -2.02. The average molecular weight is 699 g/mol. The van der Waals surface area contributed by atoms with Crippen LogP contribution in [0.25, 0.3) is 0 Å². The van der Waals surface area contributed by atoms with Crippen LogP contribution >= 0.6 is 0 Å². The number of rotatable bonds is 10. The Morgan fingerprint density at radius 3 is 2.33 bits per heavy atom. The van der Waals surface area contributed by atoms with E-state index in [9.17, 15) is 4.79 Å². The van der Waals surface area contributed by atoms with Crippen molar-refractivity contribution in [1.29, 1.82) is 0 Å². The summed E-state index contributed by atoms with van der Waals surface area (Å²) >= 11 is 0. The Kier molecular flexibility index (Phi) is 11.7. The first-order valence-corrected chi connectivity index (χ1v) is 24.3. The molecule has 0 N–H and O–H groups in total. The van der Waals surface area contributed by atoms with E-state index in [1.807, 2.05) is 0 Å². The van der Waals surface area contributed by atoms with Crippen LogP contribution < -0.4 is 0 Å². The maximum absolute atomic E-state index is 12.4. The van der Waals surface area contributed by atoms with E-state index in [0.29, 0.717) is 30.9 Å². The summed E-state index contributed by atoms with van der Waals surface area (Å²) in [6.07, 6.45) is 12.6. The zero-order chi connectivity index (χ0) is 35.9. The molecule has 270 valence electrons. The largest absolute Gasteiger partial charge is 0.460 e. The molecule has 0 bridgehead atoms. The number of tetrazole rings is 1. The smallest absolute Gasteiger partial charge is 0.378 e. The minimum Gasteiger partial charge on any atom is -0.460 e. The van der Waals surface area contributed by atoms with E-state index in [0.717, 1.165) is 24.8 Å². The lowest BCUT2D eigenvalue weighted by molar-refractivity contribution is 0.0496. The van der Waals surface area contributed by atoms with Gasteiger partial charge in [-0.2, -0.15) is 0 Å². The highest BCUT2D eigenvalue weighted by atomic mass is 28.4. The molecule has 3 fully saturated rings. The predicted molar refractivity (Wildman–Crippen MR) is 200 cm³/mol. The highest BCUT2D eigenvalue weighted by Gasteiger charge is 2.51. The van der Waals surface area contributed by atoms with Gasteiger partial charge in [-0.15, -0.1) is 5.10 Å². The summed E-state index contributed by atoms with van der Waals surface area (Å²) < 4.78 is 21.0. The maximum atomic E-state index is 12.4. The normalized spacial score (nSPS) is 29.7. The summed E-state index contributed by atoms with van der Waals surface area (Å²) in [7, 11) is -3.98. The quantitative estimate of drug-likeness (QED) is 0.178. The van der Waals surface area contributed by atoms with Gasteiger partial charge >= 0.3 is 5.97 Å². The van der Waals surface area contributed by atoms with Crippen LogP contribution in [0.3, 0.4) is 0 Å². The molecule has 8 nitrogen and oxygen atoms in total. The van der Waals surface area contributed by atoms with Gasteiger partial charge in [0.05, 0.1) is 18.8 Å². The van der Waals surface area contributed by atoms with Crippen molar-refractivity contribution in [3.63, 3.8) is 0 Å². The number of carbonyl (C=O) groups excluding carboxylic acids is 1. The number of hydrogen-bond donors (Lipinski definition) is 0. The van der Waals surface area contributed by atoms with E-state index < -0.39 is 22.6 Å². The van der Waals surface area contributed by atoms with Crippen LogP contribution in [0.5, 0.6) is 0 Å². The Bertz CT molecular complexity index is 1390. The minimum absolute atomic E-state index is 0.0156. The van der Waals surface area contributed by atoms with Crippen molar-refractivity contribution < 1.29 is 18.4 Å². The lowest BCUT2D eigenvalue weighted by Gasteiger charge is -2.46. The van der Waals surface area contributed by atoms with E-state index in [1.165, 1.54) is 31.3 Å². The van der Waals surface area contributed by atoms with Gasteiger partial charge in [-0.1, -0.05) is 79.7 Å². The van der Waals surface area contributed by atoms with Crippen LogP contribution in [-0.2, 0) is 20.1 Å². The number of aromatic nitrogens is 4. The molecule has 3 aliphatic rings. The maximum Gasteiger partial charge on any atom is 0.378 e. The number of hydrogen-bond acceptors (Lipinski definition) is 7. The molecule has 0 amide bonds. The molecule has 6 atom stereocenters. The zero-order valence-corrected chi connectivity index (χ0v) is 34.5. The van der Waals surface area contributed by atoms with Gasteiger partial charge in [-0.25, -0.2) is 9.48 Å². The second-order valence-corrected chi connectivity index (χ2v) is 27.8. The van der Waals surface area contributed by atoms with Gasteiger partial charge in [-0.3, -0.25) is 0 Å². The summed E-state index contributed by atoms with van der Waals surface area (Å²) in [5.41, 5.74) is 4.21. The first-order chi connectivity index (χ1) is 22.1. The molecule has 10 heteroatoms. The molecule has 1 aromatic rings. The molecule has 0 spiro atoms. The van der Waals surface area contributed by atoms with Crippen molar-refractivity contribution in [3.8, 4) is 0 Å². The Hall–Kier alpha value is -1.89. The molecule has 0 unspecified atom stereocenters. The third kappa shape index (κ3) is 8.18. The number of nitrogens with zero attached hydrogens (tertiary/aromatic N) is 4. The number of ether oxygens (including phenoxy) is 1. The standard InChI is InChI=1S/C38H66N4O4Si2/c1-15-44-35(43)34-39-40-41-42(34)25-26(2)31-20-21-32-28(17-16-22-38(31,32)10)18-19-29-23-30(45-47(11,12)36(4,5)6)24-33(27(29)3)46-48(13,14)37(7,8)9/h18-19,26,30-33H,3,15-17,20-25H2,1-2,4-14H3/b28-18+,29-19+/t26-,30-,31-,32+,33+,38-/m1/s1. The first-order valence-electron chi connectivity index (χ1n) is 18.5. The first kappa shape index (κ1) is 38.9. The zero-order valence-electron chi connectivity index (χ0n) is 32.5. The van der Waals surface area contributed by atoms with E-state index in [-0.39, 0.29) is 33.5 Å². The van der Waals surface area contributed by atoms with Crippen molar-refractivity contribution in [2.45, 2.75) is 162 Å². The third-order valence-corrected chi connectivity index (χ3v) is 21.9. The molecule has 1 aromatic heterocycles. The van der Waals surface area contributed by atoms with Crippen molar-refractivity contribution >= 4 is 22.6 Å². The molecule has 4 rings (SSSR count). The van der Waals surface area contributed by atoms with Gasteiger partial charge in [0, 0.05) is 13.0 Å². The van der Waals surface area contributed by atoms with Crippen LogP contribution in [0.1, 0.15) is 118 Å². The summed E-state index contributed by atoms with van der Waals surface area (Å²) in [6, 6.07) is 0. The molecule has 3 aliphatic carbocycles. The predicted octanol–water partition coefficient (Wildman–Crippen LogP) is 9.69. The second kappa shape index (κ2) is 14.4. The van der Waals surface area contributed by atoms with E-state index in [4.69, 9.17) is 13.6 Å². The Morgan fingerprint density at radius 1 is 1.06 bits per heavy atom. The highest BCUT2D eigenvalue weighted by Crippen LogP contribution is 2.59. The van der Waals surface area contributed by atoms with E-state index >= 15 is 0 Å².